The fourth-order valence-electron chi connectivity index (χ4n) is 2.37. The fourth-order valence-corrected chi connectivity index (χ4v) is 2.37. The number of carbonyl (C=O) groups excluding carboxylic acids is 2. The van der Waals surface area contributed by atoms with Crippen molar-refractivity contribution in [2.45, 2.75) is 19.4 Å². The normalized spacial score (nSPS) is 11.6. The molecule has 3 N–H and O–H groups in total. The van der Waals surface area contributed by atoms with E-state index in [1.807, 2.05) is 61.5 Å². The number of carbonyl (C=O) groups is 2. The summed E-state index contributed by atoms with van der Waals surface area (Å²) in [6.07, 6.45) is 0.448. The Morgan fingerprint density at radius 3 is 2.33 bits per heavy atom. The van der Waals surface area contributed by atoms with Crippen molar-refractivity contribution in [3.05, 3.63) is 65.7 Å². The molecule has 0 saturated heterocycles. The second-order valence-corrected chi connectivity index (χ2v) is 5.90. The van der Waals surface area contributed by atoms with Crippen LogP contribution in [-0.2, 0) is 16.0 Å². The predicted octanol–water partition coefficient (Wildman–Crippen LogP) is 1.96. The van der Waals surface area contributed by atoms with Crippen LogP contribution in [0.15, 0.2) is 54.6 Å². The molecule has 2 rings (SSSR count). The van der Waals surface area contributed by atoms with Gasteiger partial charge in [0, 0.05) is 12.7 Å². The van der Waals surface area contributed by atoms with E-state index in [1.54, 1.807) is 7.05 Å². The van der Waals surface area contributed by atoms with Crippen LogP contribution >= 0.6 is 0 Å². The Morgan fingerprint density at radius 2 is 1.71 bits per heavy atom. The summed E-state index contributed by atoms with van der Waals surface area (Å²) in [4.78, 5) is 25.7. The summed E-state index contributed by atoms with van der Waals surface area (Å²) in [7, 11) is 1.59. The first-order chi connectivity index (χ1) is 11.5. The molecule has 1 unspecified atom stereocenters. The van der Waals surface area contributed by atoms with Gasteiger partial charge in [0.1, 0.15) is 0 Å². The summed E-state index contributed by atoms with van der Waals surface area (Å²) in [5.74, 6) is -0.500. The highest BCUT2D eigenvalue weighted by molar-refractivity contribution is 5.95. The van der Waals surface area contributed by atoms with E-state index in [0.717, 1.165) is 11.1 Å². The van der Waals surface area contributed by atoms with Gasteiger partial charge in [0.05, 0.1) is 12.6 Å². The summed E-state index contributed by atoms with van der Waals surface area (Å²) in [5.41, 5.74) is 8.79. The topological polar surface area (TPSA) is 75.4 Å². The highest BCUT2D eigenvalue weighted by atomic mass is 16.2. The van der Waals surface area contributed by atoms with Gasteiger partial charge in [-0.25, -0.2) is 0 Å². The molecule has 126 valence electrons. The van der Waals surface area contributed by atoms with Crippen LogP contribution in [0.2, 0.25) is 0 Å². The second kappa shape index (κ2) is 8.26. The van der Waals surface area contributed by atoms with Gasteiger partial charge in [-0.05, 0) is 31.0 Å². The van der Waals surface area contributed by atoms with Gasteiger partial charge in [-0.2, -0.15) is 0 Å². The third-order valence-corrected chi connectivity index (χ3v) is 3.71. The summed E-state index contributed by atoms with van der Waals surface area (Å²) < 4.78 is 0. The molecular weight excluding hydrogens is 302 g/mol. The van der Waals surface area contributed by atoms with E-state index in [9.17, 15) is 9.59 Å². The van der Waals surface area contributed by atoms with E-state index in [4.69, 9.17) is 5.73 Å². The average Bonchev–Trinajstić information content (AvgIpc) is 2.57. The van der Waals surface area contributed by atoms with E-state index in [0.29, 0.717) is 12.1 Å². The molecule has 0 saturated carbocycles. The molecule has 0 bridgehead atoms. The molecule has 2 aromatic rings. The third kappa shape index (κ3) is 5.21. The molecule has 0 heterocycles. The van der Waals surface area contributed by atoms with Gasteiger partial charge >= 0.3 is 0 Å². The minimum Gasteiger partial charge on any atom is -0.335 e. The minimum absolute atomic E-state index is 0.0325. The zero-order chi connectivity index (χ0) is 17.5. The summed E-state index contributed by atoms with van der Waals surface area (Å²) >= 11 is 0. The summed E-state index contributed by atoms with van der Waals surface area (Å²) in [6, 6.07) is 16.4. The smallest absolute Gasteiger partial charge is 0.243 e. The van der Waals surface area contributed by atoms with Crippen molar-refractivity contribution >= 4 is 17.5 Å². The Kier molecular flexibility index (Phi) is 6.09. The zero-order valence-electron chi connectivity index (χ0n) is 14.0. The molecule has 0 spiro atoms. The lowest BCUT2D eigenvalue weighted by molar-refractivity contribution is -0.134. The monoisotopic (exact) mass is 325 g/mol. The van der Waals surface area contributed by atoms with Crippen LogP contribution in [0, 0.1) is 6.92 Å². The van der Waals surface area contributed by atoms with Gasteiger partial charge in [0.15, 0.2) is 0 Å². The molecule has 1 atom stereocenters. The highest BCUT2D eigenvalue weighted by Gasteiger charge is 2.20. The number of aryl methyl sites for hydroxylation is 1. The number of hydrogen-bond donors (Lipinski definition) is 2. The number of rotatable bonds is 6. The molecule has 0 aliphatic carbocycles. The number of likely N-dealkylation sites (N-methyl/N-ethyl adjacent to an activating group) is 1. The molecule has 0 aliphatic rings. The lowest BCUT2D eigenvalue weighted by Crippen LogP contribution is -2.45. The van der Waals surface area contributed by atoms with E-state index in [2.05, 4.69) is 5.32 Å². The van der Waals surface area contributed by atoms with Crippen LogP contribution in [0.4, 0.5) is 5.69 Å². The Hall–Kier alpha value is -2.66. The lowest BCUT2D eigenvalue weighted by Gasteiger charge is -2.21. The van der Waals surface area contributed by atoms with E-state index in [-0.39, 0.29) is 18.4 Å². The molecular formula is C19H23N3O2. The molecule has 5 heteroatoms. The SMILES string of the molecule is Cc1ccc(NC(=O)CN(C)C(=O)C(N)Cc2ccccc2)cc1. The molecule has 0 radical (unpaired) electrons. The number of benzene rings is 2. The Morgan fingerprint density at radius 1 is 1.08 bits per heavy atom. The van der Waals surface area contributed by atoms with Crippen molar-refractivity contribution in [1.29, 1.82) is 0 Å². The number of amides is 2. The van der Waals surface area contributed by atoms with Crippen LogP contribution in [0.5, 0.6) is 0 Å². The molecule has 2 amide bonds. The van der Waals surface area contributed by atoms with Gasteiger partial charge in [0.25, 0.3) is 0 Å². The molecule has 0 fully saturated rings. The average molecular weight is 325 g/mol. The van der Waals surface area contributed by atoms with Crippen LogP contribution in [-0.4, -0.2) is 36.3 Å². The first-order valence-corrected chi connectivity index (χ1v) is 7.86. The van der Waals surface area contributed by atoms with Crippen molar-refractivity contribution in [2.75, 3.05) is 18.9 Å². The standard InChI is InChI=1S/C19H23N3O2/c1-14-8-10-16(11-9-14)21-18(23)13-22(2)19(24)17(20)12-15-6-4-3-5-7-15/h3-11,17H,12-13,20H2,1-2H3,(H,21,23). The Bertz CT molecular complexity index is 684. The van der Waals surface area contributed by atoms with Gasteiger partial charge in [-0.15, -0.1) is 0 Å². The third-order valence-electron chi connectivity index (χ3n) is 3.71. The largest absolute Gasteiger partial charge is 0.335 e. The van der Waals surface area contributed by atoms with E-state index in [1.165, 1.54) is 4.90 Å². The number of hydrogen-bond acceptors (Lipinski definition) is 3. The molecule has 24 heavy (non-hydrogen) atoms. The number of nitrogens with zero attached hydrogens (tertiary/aromatic N) is 1. The van der Waals surface area contributed by atoms with Gasteiger partial charge < -0.3 is 16.0 Å². The van der Waals surface area contributed by atoms with Crippen LogP contribution in [0.1, 0.15) is 11.1 Å². The number of nitrogens with two attached hydrogens (primary N) is 1. The maximum atomic E-state index is 12.3. The maximum Gasteiger partial charge on any atom is 0.243 e. The first kappa shape index (κ1) is 17.7. The second-order valence-electron chi connectivity index (χ2n) is 5.90. The number of nitrogens with one attached hydrogen (secondary N) is 1. The van der Waals surface area contributed by atoms with Gasteiger partial charge in [-0.1, -0.05) is 48.0 Å². The molecule has 2 aromatic carbocycles. The molecule has 0 aromatic heterocycles. The maximum absolute atomic E-state index is 12.3. The van der Waals surface area contributed by atoms with Crippen molar-refractivity contribution in [2.24, 2.45) is 5.73 Å². The molecule has 5 nitrogen and oxygen atoms in total. The van der Waals surface area contributed by atoms with Crippen LogP contribution in [0.25, 0.3) is 0 Å². The lowest BCUT2D eigenvalue weighted by atomic mass is 10.1. The van der Waals surface area contributed by atoms with E-state index < -0.39 is 6.04 Å². The molecule has 0 aliphatic heterocycles. The predicted molar refractivity (Wildman–Crippen MR) is 95.6 cm³/mol. The summed E-state index contributed by atoms with van der Waals surface area (Å²) in [5, 5.41) is 2.77. The van der Waals surface area contributed by atoms with Gasteiger partial charge in [-0.3, -0.25) is 9.59 Å². The Labute approximate surface area is 142 Å². The Balaban J connectivity index is 1.86. The van der Waals surface area contributed by atoms with Crippen molar-refractivity contribution in [1.82, 2.24) is 4.90 Å². The van der Waals surface area contributed by atoms with Crippen LogP contribution < -0.4 is 11.1 Å². The summed E-state index contributed by atoms with van der Waals surface area (Å²) in [6.45, 7) is 1.95. The van der Waals surface area contributed by atoms with Gasteiger partial charge in [0.2, 0.25) is 11.8 Å². The minimum atomic E-state index is -0.662. The highest BCUT2D eigenvalue weighted by Crippen LogP contribution is 2.09. The number of anilines is 1. The van der Waals surface area contributed by atoms with E-state index >= 15 is 0 Å². The van der Waals surface area contributed by atoms with Crippen molar-refractivity contribution in [3.63, 3.8) is 0 Å². The van der Waals surface area contributed by atoms with Crippen LogP contribution in [0.3, 0.4) is 0 Å². The van der Waals surface area contributed by atoms with Crippen molar-refractivity contribution in [3.8, 4) is 0 Å². The quantitative estimate of drug-likeness (QED) is 0.852. The zero-order valence-corrected chi connectivity index (χ0v) is 14.0. The fraction of sp³-hybridized carbons (Fsp3) is 0.263. The van der Waals surface area contributed by atoms with Crippen molar-refractivity contribution < 1.29 is 9.59 Å². The first-order valence-electron chi connectivity index (χ1n) is 7.86.